The summed E-state index contributed by atoms with van der Waals surface area (Å²) in [6.07, 6.45) is -0.0978. The maximum absolute atomic E-state index is 13.5. The Morgan fingerprint density at radius 3 is 2.52 bits per heavy atom. The second-order valence-corrected chi connectivity index (χ2v) is 6.76. The third kappa shape index (κ3) is 4.87. The van der Waals surface area contributed by atoms with Crippen LogP contribution in [-0.4, -0.2) is 20.9 Å². The first kappa shape index (κ1) is 17.1. The van der Waals surface area contributed by atoms with Crippen LogP contribution in [0, 0.1) is 12.7 Å². The Morgan fingerprint density at radius 2 is 1.83 bits per heavy atom. The first-order valence-corrected chi connectivity index (χ1v) is 8.47. The smallest absolute Gasteiger partial charge is 0.240 e. The van der Waals surface area contributed by atoms with Gasteiger partial charge in [0.05, 0.1) is 10.6 Å². The van der Waals surface area contributed by atoms with Gasteiger partial charge in [-0.2, -0.15) is 0 Å². The van der Waals surface area contributed by atoms with Gasteiger partial charge in [-0.15, -0.1) is 0 Å². The topological polar surface area (TPSA) is 75.3 Å². The molecule has 0 aliphatic carbocycles. The van der Waals surface area contributed by atoms with Gasteiger partial charge in [0.1, 0.15) is 5.82 Å². The summed E-state index contributed by atoms with van der Waals surface area (Å²) in [7, 11) is -3.65. The highest BCUT2D eigenvalue weighted by molar-refractivity contribution is 7.89. The van der Waals surface area contributed by atoms with Crippen LogP contribution in [0.5, 0.6) is 0 Å². The number of nitrogens with one attached hydrogen (secondary N) is 2. The molecule has 0 bridgehead atoms. The number of hydrogen-bond acceptors (Lipinski definition) is 3. The van der Waals surface area contributed by atoms with Gasteiger partial charge in [-0.25, -0.2) is 17.5 Å². The van der Waals surface area contributed by atoms with Crippen molar-refractivity contribution in [1.82, 2.24) is 4.72 Å². The van der Waals surface area contributed by atoms with Gasteiger partial charge in [0, 0.05) is 13.0 Å². The summed E-state index contributed by atoms with van der Waals surface area (Å²) in [5.74, 6) is -1.00. The molecule has 2 rings (SSSR count). The van der Waals surface area contributed by atoms with Crippen molar-refractivity contribution >= 4 is 21.6 Å². The second-order valence-electron chi connectivity index (χ2n) is 4.99. The number of sulfonamides is 1. The molecule has 2 aromatic rings. The predicted molar refractivity (Wildman–Crippen MR) is 86.0 cm³/mol. The first-order chi connectivity index (χ1) is 10.9. The van der Waals surface area contributed by atoms with E-state index in [9.17, 15) is 17.6 Å². The van der Waals surface area contributed by atoms with Crippen LogP contribution < -0.4 is 10.0 Å². The number of halogens is 1. The van der Waals surface area contributed by atoms with E-state index < -0.39 is 21.7 Å². The van der Waals surface area contributed by atoms with Gasteiger partial charge in [0.15, 0.2) is 0 Å². The van der Waals surface area contributed by atoms with E-state index >= 15 is 0 Å². The number of carbonyl (C=O) groups is 1. The molecule has 0 saturated carbocycles. The molecule has 0 aliphatic rings. The van der Waals surface area contributed by atoms with Crippen LogP contribution >= 0.6 is 0 Å². The number of aryl methyl sites for hydroxylation is 1. The average Bonchev–Trinajstić information content (AvgIpc) is 2.51. The van der Waals surface area contributed by atoms with Gasteiger partial charge in [0.25, 0.3) is 0 Å². The Kier molecular flexibility index (Phi) is 5.46. The summed E-state index contributed by atoms with van der Waals surface area (Å²) in [6.45, 7) is 1.71. The zero-order valence-corrected chi connectivity index (χ0v) is 13.4. The fourth-order valence-corrected chi connectivity index (χ4v) is 2.98. The molecular weight excluding hydrogens is 319 g/mol. The van der Waals surface area contributed by atoms with Gasteiger partial charge >= 0.3 is 0 Å². The van der Waals surface area contributed by atoms with Gasteiger partial charge in [0.2, 0.25) is 15.9 Å². The van der Waals surface area contributed by atoms with E-state index in [2.05, 4.69) is 10.0 Å². The Morgan fingerprint density at radius 1 is 1.13 bits per heavy atom. The zero-order valence-electron chi connectivity index (χ0n) is 12.5. The van der Waals surface area contributed by atoms with E-state index in [0.717, 1.165) is 5.56 Å². The fourth-order valence-electron chi connectivity index (χ4n) is 1.93. The van der Waals surface area contributed by atoms with Crippen molar-refractivity contribution in [3.05, 3.63) is 59.9 Å². The molecule has 122 valence electrons. The number of rotatable bonds is 6. The highest BCUT2D eigenvalue weighted by Gasteiger charge is 2.14. The lowest BCUT2D eigenvalue weighted by Gasteiger charge is -2.09. The van der Waals surface area contributed by atoms with Crippen molar-refractivity contribution in [1.29, 1.82) is 0 Å². The van der Waals surface area contributed by atoms with E-state index in [1.807, 2.05) is 0 Å². The monoisotopic (exact) mass is 336 g/mol. The van der Waals surface area contributed by atoms with Gasteiger partial charge in [-0.3, -0.25) is 4.79 Å². The second kappa shape index (κ2) is 7.34. The Labute approximate surface area is 134 Å². The maximum atomic E-state index is 13.5. The van der Waals surface area contributed by atoms with Crippen molar-refractivity contribution in [3.8, 4) is 0 Å². The molecule has 7 heteroatoms. The molecule has 0 spiro atoms. The fraction of sp³-hybridized carbons (Fsp3) is 0.188. The normalized spacial score (nSPS) is 11.2. The lowest BCUT2D eigenvalue weighted by Crippen LogP contribution is -2.28. The standard InChI is InChI=1S/C16H17FN2O3S/c1-12-7-8-14(17)15(11-12)19-16(20)9-10-18-23(21,22)13-5-3-2-4-6-13/h2-8,11,18H,9-10H2,1H3,(H,19,20). The molecule has 23 heavy (non-hydrogen) atoms. The van der Waals surface area contributed by atoms with Crippen LogP contribution in [0.2, 0.25) is 0 Å². The average molecular weight is 336 g/mol. The summed E-state index contributed by atoms with van der Waals surface area (Å²) in [4.78, 5) is 11.9. The van der Waals surface area contributed by atoms with Crippen molar-refractivity contribution in [3.63, 3.8) is 0 Å². The minimum Gasteiger partial charge on any atom is -0.324 e. The summed E-state index contributed by atoms with van der Waals surface area (Å²) in [5, 5.41) is 2.43. The Bertz CT molecular complexity index is 792. The molecule has 1 amide bonds. The molecule has 0 aliphatic heterocycles. The van der Waals surface area contributed by atoms with E-state index in [0.29, 0.717) is 0 Å². The molecule has 0 radical (unpaired) electrons. The molecule has 2 N–H and O–H groups in total. The molecule has 0 aromatic heterocycles. The molecule has 0 heterocycles. The minimum absolute atomic E-state index is 0.0729. The van der Waals surface area contributed by atoms with Crippen molar-refractivity contribution in [2.75, 3.05) is 11.9 Å². The number of carbonyl (C=O) groups excluding carboxylic acids is 1. The third-order valence-electron chi connectivity index (χ3n) is 3.09. The quantitative estimate of drug-likeness (QED) is 0.851. The summed E-state index contributed by atoms with van der Waals surface area (Å²) >= 11 is 0. The van der Waals surface area contributed by atoms with Crippen LogP contribution in [0.4, 0.5) is 10.1 Å². The Hall–Kier alpha value is -2.25. The maximum Gasteiger partial charge on any atom is 0.240 e. The van der Waals surface area contributed by atoms with E-state index in [1.54, 1.807) is 31.2 Å². The van der Waals surface area contributed by atoms with Gasteiger partial charge < -0.3 is 5.32 Å². The Balaban J connectivity index is 1.89. The van der Waals surface area contributed by atoms with E-state index in [-0.39, 0.29) is 23.5 Å². The molecule has 0 saturated heterocycles. The van der Waals surface area contributed by atoms with Gasteiger partial charge in [-0.05, 0) is 36.8 Å². The molecule has 5 nitrogen and oxygen atoms in total. The summed E-state index contributed by atoms with van der Waals surface area (Å²) < 4.78 is 39.8. The van der Waals surface area contributed by atoms with Crippen LogP contribution in [0.15, 0.2) is 53.4 Å². The molecule has 0 fully saturated rings. The molecule has 0 unspecified atom stereocenters. The SMILES string of the molecule is Cc1ccc(F)c(NC(=O)CCNS(=O)(=O)c2ccccc2)c1. The summed E-state index contributed by atoms with van der Waals surface area (Å²) in [6, 6.07) is 12.2. The lowest BCUT2D eigenvalue weighted by atomic mass is 10.2. The number of anilines is 1. The number of amides is 1. The van der Waals surface area contributed by atoms with Crippen LogP contribution in [-0.2, 0) is 14.8 Å². The predicted octanol–water partition coefficient (Wildman–Crippen LogP) is 2.44. The highest BCUT2D eigenvalue weighted by Crippen LogP contribution is 2.15. The first-order valence-electron chi connectivity index (χ1n) is 6.99. The largest absolute Gasteiger partial charge is 0.324 e. The molecule has 2 aromatic carbocycles. The number of hydrogen-bond donors (Lipinski definition) is 2. The third-order valence-corrected chi connectivity index (χ3v) is 4.57. The lowest BCUT2D eigenvalue weighted by molar-refractivity contribution is -0.116. The highest BCUT2D eigenvalue weighted by atomic mass is 32.2. The van der Waals surface area contributed by atoms with Crippen molar-refractivity contribution < 1.29 is 17.6 Å². The summed E-state index contributed by atoms with van der Waals surface area (Å²) in [5.41, 5.74) is 0.896. The van der Waals surface area contributed by atoms with Gasteiger partial charge in [-0.1, -0.05) is 24.3 Å². The van der Waals surface area contributed by atoms with Crippen LogP contribution in [0.1, 0.15) is 12.0 Å². The number of benzene rings is 2. The van der Waals surface area contributed by atoms with E-state index in [4.69, 9.17) is 0 Å². The van der Waals surface area contributed by atoms with Crippen molar-refractivity contribution in [2.24, 2.45) is 0 Å². The van der Waals surface area contributed by atoms with E-state index in [1.165, 1.54) is 24.3 Å². The molecular formula is C16H17FN2O3S. The van der Waals surface area contributed by atoms with Crippen molar-refractivity contribution in [2.45, 2.75) is 18.2 Å². The minimum atomic E-state index is -3.65. The zero-order chi connectivity index (χ0) is 16.9. The molecule has 0 atom stereocenters. The van der Waals surface area contributed by atoms with Crippen LogP contribution in [0.3, 0.4) is 0 Å². The van der Waals surface area contributed by atoms with Crippen LogP contribution in [0.25, 0.3) is 0 Å².